The van der Waals surface area contributed by atoms with Crippen molar-refractivity contribution in [2.45, 2.75) is 13.8 Å². The van der Waals surface area contributed by atoms with E-state index in [4.69, 9.17) is 0 Å². The Morgan fingerprint density at radius 2 is 1.33 bits per heavy atom. The summed E-state index contributed by atoms with van der Waals surface area (Å²) in [6, 6.07) is 15.6. The Morgan fingerprint density at radius 1 is 0.778 bits per heavy atom. The number of benzene rings is 2. The summed E-state index contributed by atoms with van der Waals surface area (Å²) in [6.45, 7) is 7.48. The number of rotatable bonds is 8. The fraction of sp³-hybridized carbons (Fsp3) is 0.300. The standard InChI is InChI=1S/C20H27N5O2/c1-3-25(4-2)14-13-21-19(26)23-17-11-8-12-18(15-17)24-20(27)22-16-9-6-5-7-10-16/h5-12,15H,3-4,13-14H2,1-2H3,(H2,21,23,26)(H2,22,24,27). The van der Waals surface area contributed by atoms with E-state index >= 15 is 0 Å². The van der Waals surface area contributed by atoms with E-state index in [-0.39, 0.29) is 12.1 Å². The first-order chi connectivity index (χ1) is 13.1. The summed E-state index contributed by atoms with van der Waals surface area (Å²) in [5.74, 6) is 0. The quantitative estimate of drug-likeness (QED) is 0.571. The summed E-state index contributed by atoms with van der Waals surface area (Å²) in [4.78, 5) is 26.3. The zero-order valence-corrected chi connectivity index (χ0v) is 15.8. The van der Waals surface area contributed by atoms with Crippen LogP contribution in [0.2, 0.25) is 0 Å². The van der Waals surface area contributed by atoms with Gasteiger partial charge in [0.05, 0.1) is 0 Å². The van der Waals surface area contributed by atoms with E-state index in [1.807, 2.05) is 18.2 Å². The van der Waals surface area contributed by atoms with Crippen LogP contribution < -0.4 is 21.3 Å². The van der Waals surface area contributed by atoms with Crippen molar-refractivity contribution in [3.05, 3.63) is 54.6 Å². The Bertz CT molecular complexity index is 732. The molecule has 7 heteroatoms. The summed E-state index contributed by atoms with van der Waals surface area (Å²) in [6.07, 6.45) is 0. The number of hydrogen-bond donors (Lipinski definition) is 4. The van der Waals surface area contributed by atoms with Crippen LogP contribution in [0.5, 0.6) is 0 Å². The van der Waals surface area contributed by atoms with Gasteiger partial charge in [-0.15, -0.1) is 0 Å². The van der Waals surface area contributed by atoms with E-state index in [9.17, 15) is 9.59 Å². The maximum Gasteiger partial charge on any atom is 0.323 e. The van der Waals surface area contributed by atoms with E-state index in [1.165, 1.54) is 0 Å². The smallest absolute Gasteiger partial charge is 0.323 e. The molecule has 0 unspecified atom stereocenters. The Morgan fingerprint density at radius 3 is 1.96 bits per heavy atom. The molecule has 0 radical (unpaired) electrons. The molecule has 0 aliphatic carbocycles. The zero-order valence-electron chi connectivity index (χ0n) is 15.8. The summed E-state index contributed by atoms with van der Waals surface area (Å²) in [5.41, 5.74) is 1.90. The number of nitrogens with zero attached hydrogens (tertiary/aromatic N) is 1. The van der Waals surface area contributed by atoms with Crippen LogP contribution in [-0.2, 0) is 0 Å². The number of carbonyl (C=O) groups excluding carboxylic acids is 2. The van der Waals surface area contributed by atoms with E-state index in [0.717, 1.165) is 19.6 Å². The van der Waals surface area contributed by atoms with Crippen LogP contribution in [0.25, 0.3) is 0 Å². The lowest BCUT2D eigenvalue weighted by atomic mass is 10.3. The molecule has 0 saturated heterocycles. The molecule has 0 bridgehead atoms. The van der Waals surface area contributed by atoms with E-state index in [1.54, 1.807) is 36.4 Å². The predicted octanol–water partition coefficient (Wildman–Crippen LogP) is 3.79. The molecule has 0 heterocycles. The minimum atomic E-state index is -0.345. The van der Waals surface area contributed by atoms with E-state index in [0.29, 0.717) is 23.6 Å². The maximum absolute atomic E-state index is 12.1. The van der Waals surface area contributed by atoms with Crippen LogP contribution in [0.3, 0.4) is 0 Å². The first kappa shape index (κ1) is 20.3. The van der Waals surface area contributed by atoms with Crippen LogP contribution in [0, 0.1) is 0 Å². The lowest BCUT2D eigenvalue weighted by molar-refractivity contribution is 0.247. The second-order valence-corrected chi connectivity index (χ2v) is 5.93. The van der Waals surface area contributed by atoms with Gasteiger partial charge in [0, 0.05) is 30.2 Å². The summed E-state index contributed by atoms with van der Waals surface area (Å²) in [5, 5.41) is 11.1. The molecular weight excluding hydrogens is 342 g/mol. The van der Waals surface area contributed by atoms with Crippen LogP contribution >= 0.6 is 0 Å². The minimum Gasteiger partial charge on any atom is -0.337 e. The van der Waals surface area contributed by atoms with Crippen molar-refractivity contribution in [2.75, 3.05) is 42.1 Å². The maximum atomic E-state index is 12.1. The second kappa shape index (κ2) is 10.8. The number of anilines is 3. The molecule has 2 rings (SSSR count). The molecule has 27 heavy (non-hydrogen) atoms. The molecular formula is C20H27N5O2. The molecule has 0 saturated carbocycles. The fourth-order valence-corrected chi connectivity index (χ4v) is 2.53. The molecule has 0 atom stereocenters. The van der Waals surface area contributed by atoms with Gasteiger partial charge < -0.3 is 26.2 Å². The van der Waals surface area contributed by atoms with Crippen molar-refractivity contribution in [2.24, 2.45) is 0 Å². The SMILES string of the molecule is CCN(CC)CCNC(=O)Nc1cccc(NC(=O)Nc2ccccc2)c1. The largest absolute Gasteiger partial charge is 0.337 e. The fourth-order valence-electron chi connectivity index (χ4n) is 2.53. The van der Waals surface area contributed by atoms with Gasteiger partial charge in [0.1, 0.15) is 0 Å². The number of nitrogens with one attached hydrogen (secondary N) is 4. The highest BCUT2D eigenvalue weighted by Gasteiger charge is 2.06. The first-order valence-corrected chi connectivity index (χ1v) is 9.11. The molecule has 2 aromatic carbocycles. The van der Waals surface area contributed by atoms with Crippen LogP contribution in [-0.4, -0.2) is 43.1 Å². The third kappa shape index (κ3) is 7.37. The van der Waals surface area contributed by atoms with Gasteiger partial charge in [-0.1, -0.05) is 38.1 Å². The van der Waals surface area contributed by atoms with Gasteiger partial charge in [-0.3, -0.25) is 0 Å². The average molecular weight is 369 g/mol. The van der Waals surface area contributed by atoms with Gasteiger partial charge in [-0.25, -0.2) is 9.59 Å². The Balaban J connectivity index is 1.82. The number of hydrogen-bond acceptors (Lipinski definition) is 3. The molecule has 0 spiro atoms. The molecule has 4 N–H and O–H groups in total. The van der Waals surface area contributed by atoms with Crippen molar-refractivity contribution in [3.8, 4) is 0 Å². The van der Waals surface area contributed by atoms with Crippen molar-refractivity contribution in [3.63, 3.8) is 0 Å². The van der Waals surface area contributed by atoms with Gasteiger partial charge in [0.25, 0.3) is 0 Å². The van der Waals surface area contributed by atoms with Crippen molar-refractivity contribution >= 4 is 29.1 Å². The molecule has 144 valence electrons. The highest BCUT2D eigenvalue weighted by molar-refractivity contribution is 6.00. The number of carbonyl (C=O) groups is 2. The number of likely N-dealkylation sites (N-methyl/N-ethyl adjacent to an activating group) is 1. The Hall–Kier alpha value is -3.06. The number of amides is 4. The third-order valence-corrected chi connectivity index (χ3v) is 4.02. The third-order valence-electron chi connectivity index (χ3n) is 4.02. The average Bonchev–Trinajstić information content (AvgIpc) is 2.66. The van der Waals surface area contributed by atoms with Crippen molar-refractivity contribution in [1.29, 1.82) is 0 Å². The first-order valence-electron chi connectivity index (χ1n) is 9.11. The molecule has 4 amide bonds. The highest BCUT2D eigenvalue weighted by atomic mass is 16.2. The van der Waals surface area contributed by atoms with Gasteiger partial charge >= 0.3 is 12.1 Å². The Labute approximate surface area is 160 Å². The lowest BCUT2D eigenvalue weighted by Crippen LogP contribution is -2.36. The van der Waals surface area contributed by atoms with E-state index < -0.39 is 0 Å². The summed E-state index contributed by atoms with van der Waals surface area (Å²) in [7, 11) is 0. The molecule has 0 fully saturated rings. The van der Waals surface area contributed by atoms with E-state index in [2.05, 4.69) is 40.0 Å². The zero-order chi connectivity index (χ0) is 19.5. The molecule has 7 nitrogen and oxygen atoms in total. The van der Waals surface area contributed by atoms with Gasteiger partial charge in [-0.2, -0.15) is 0 Å². The normalized spacial score (nSPS) is 10.3. The monoisotopic (exact) mass is 369 g/mol. The topological polar surface area (TPSA) is 85.5 Å². The minimum absolute atomic E-state index is 0.270. The number of para-hydroxylation sites is 1. The lowest BCUT2D eigenvalue weighted by Gasteiger charge is -2.18. The molecule has 0 aromatic heterocycles. The van der Waals surface area contributed by atoms with Gasteiger partial charge in [-0.05, 0) is 43.4 Å². The molecule has 2 aromatic rings. The van der Waals surface area contributed by atoms with Crippen LogP contribution in [0.4, 0.5) is 26.7 Å². The molecule has 0 aliphatic heterocycles. The highest BCUT2D eigenvalue weighted by Crippen LogP contribution is 2.15. The van der Waals surface area contributed by atoms with Gasteiger partial charge in [0.15, 0.2) is 0 Å². The second-order valence-electron chi connectivity index (χ2n) is 5.93. The van der Waals surface area contributed by atoms with Crippen LogP contribution in [0.15, 0.2) is 54.6 Å². The van der Waals surface area contributed by atoms with Gasteiger partial charge in [0.2, 0.25) is 0 Å². The van der Waals surface area contributed by atoms with Crippen LogP contribution in [0.1, 0.15) is 13.8 Å². The Kier molecular flexibility index (Phi) is 8.12. The van der Waals surface area contributed by atoms with Crippen molar-refractivity contribution < 1.29 is 9.59 Å². The predicted molar refractivity (Wildman–Crippen MR) is 110 cm³/mol. The summed E-state index contributed by atoms with van der Waals surface area (Å²) < 4.78 is 0. The molecule has 0 aliphatic rings. The summed E-state index contributed by atoms with van der Waals surface area (Å²) >= 11 is 0. The number of urea groups is 2. The van der Waals surface area contributed by atoms with Crippen molar-refractivity contribution in [1.82, 2.24) is 10.2 Å².